The molecule has 218 valence electrons. The molecule has 8 bridgehead atoms. The van der Waals surface area contributed by atoms with Gasteiger partial charge in [-0.1, -0.05) is 20.8 Å². The summed E-state index contributed by atoms with van der Waals surface area (Å²) < 4.78 is 4.95. The molecule has 3 aromatic heterocycles. The van der Waals surface area contributed by atoms with Crippen LogP contribution < -0.4 is 0 Å². The summed E-state index contributed by atoms with van der Waals surface area (Å²) in [5.74, 6) is 0.123. The van der Waals surface area contributed by atoms with E-state index in [1.165, 1.54) is 7.11 Å². The number of ketones is 2. The molecule has 42 heavy (non-hydrogen) atoms. The molecular formula is C34H38N4O4. The quantitative estimate of drug-likeness (QED) is 0.253. The molecule has 3 aromatic rings. The van der Waals surface area contributed by atoms with Gasteiger partial charge in [-0.3, -0.25) is 24.4 Å². The smallest absolute Gasteiger partial charge is 0.305 e. The van der Waals surface area contributed by atoms with Gasteiger partial charge in [-0.2, -0.15) is 0 Å². The summed E-state index contributed by atoms with van der Waals surface area (Å²) in [6, 6.07) is 6.14. The van der Waals surface area contributed by atoms with Crippen LogP contribution in [0.1, 0.15) is 131 Å². The number of methoxy groups -OCH3 is 1. The van der Waals surface area contributed by atoms with E-state index in [0.29, 0.717) is 12.0 Å². The average molecular weight is 567 g/mol. The average Bonchev–Trinajstić information content (AvgIpc) is 3.70. The highest BCUT2D eigenvalue weighted by molar-refractivity contribution is 6.13. The molecule has 0 aromatic carbocycles. The summed E-state index contributed by atoms with van der Waals surface area (Å²) >= 11 is 0. The van der Waals surface area contributed by atoms with Crippen LogP contribution in [-0.2, 0) is 16.0 Å². The first-order chi connectivity index (χ1) is 20.0. The highest BCUT2D eigenvalue weighted by Crippen LogP contribution is 2.45. The fraction of sp³-hybridized carbons (Fsp3) is 0.441. The molecule has 0 fully saturated rings. The van der Waals surface area contributed by atoms with Crippen LogP contribution in [0, 0.1) is 13.8 Å². The van der Waals surface area contributed by atoms with E-state index in [1.807, 2.05) is 26.0 Å². The first kappa shape index (κ1) is 28.1. The van der Waals surface area contributed by atoms with Crippen LogP contribution in [0.15, 0.2) is 18.2 Å². The molecule has 0 saturated carbocycles. The first-order valence-corrected chi connectivity index (χ1v) is 14.9. The van der Waals surface area contributed by atoms with Gasteiger partial charge in [-0.25, -0.2) is 0 Å². The van der Waals surface area contributed by atoms with Gasteiger partial charge in [0.05, 0.1) is 23.8 Å². The lowest BCUT2D eigenvalue weighted by atomic mass is 9.85. The predicted molar refractivity (Wildman–Crippen MR) is 162 cm³/mol. The molecule has 0 spiro atoms. The number of carbonyl (C=O) groups excluding carboxylic acids is 3. The summed E-state index contributed by atoms with van der Waals surface area (Å²) in [6.45, 7) is 12.0. The summed E-state index contributed by atoms with van der Waals surface area (Å²) in [5.41, 5.74) is 11.0. The third-order valence-corrected chi connectivity index (χ3v) is 9.77. The fourth-order valence-corrected chi connectivity index (χ4v) is 7.32. The number of fused-ring (bicyclic) bond motifs is 8. The Labute approximate surface area is 245 Å². The standard InChI is InChI=1S/C34H38N4O4/c1-8-20-15(2)23-14-28-31(19(6)39)17(4)25(36-28)12-24-16(3)21(9-10-30(41)42-7)33(37-24)22-11-29(40)32-18(5)26(38-34(22)32)13-27(20)35-23/h12-16,20-21,36,38H,8-11H2,1-7H3/t15-,16+,20?,21+/m1/s1. The molecule has 1 unspecified atom stereocenters. The summed E-state index contributed by atoms with van der Waals surface area (Å²) in [6.07, 6.45) is 2.01. The highest BCUT2D eigenvalue weighted by Gasteiger charge is 2.36. The Morgan fingerprint density at radius 2 is 1.57 bits per heavy atom. The van der Waals surface area contributed by atoms with Gasteiger partial charge in [0, 0.05) is 81.3 Å². The molecular weight excluding hydrogens is 528 g/mol. The van der Waals surface area contributed by atoms with Crippen LogP contribution >= 0.6 is 0 Å². The van der Waals surface area contributed by atoms with Crippen molar-refractivity contribution in [3.8, 4) is 0 Å². The van der Waals surface area contributed by atoms with Crippen molar-refractivity contribution >= 4 is 39.6 Å². The number of aryl methyl sites for hydroxylation is 2. The van der Waals surface area contributed by atoms with Crippen molar-refractivity contribution in [2.75, 3.05) is 7.11 Å². The van der Waals surface area contributed by atoms with Gasteiger partial charge in [0.1, 0.15) is 0 Å². The van der Waals surface area contributed by atoms with Gasteiger partial charge in [0.2, 0.25) is 0 Å². The summed E-state index contributed by atoms with van der Waals surface area (Å²) in [5, 5.41) is 0. The van der Waals surface area contributed by atoms with Crippen LogP contribution in [0.5, 0.6) is 0 Å². The van der Waals surface area contributed by atoms with Crippen molar-refractivity contribution in [2.45, 2.75) is 90.9 Å². The lowest BCUT2D eigenvalue weighted by molar-refractivity contribution is -0.140. The van der Waals surface area contributed by atoms with Crippen LogP contribution in [-0.4, -0.2) is 44.6 Å². The van der Waals surface area contributed by atoms with E-state index in [-0.39, 0.29) is 54.0 Å². The second kappa shape index (κ2) is 10.3. The fourth-order valence-electron chi connectivity index (χ4n) is 7.32. The van der Waals surface area contributed by atoms with Gasteiger partial charge in [0.15, 0.2) is 11.6 Å². The summed E-state index contributed by atoms with van der Waals surface area (Å²) in [7, 11) is 1.40. The number of rotatable bonds is 5. The minimum Gasteiger partial charge on any atom is -0.469 e. The second-order valence-corrected chi connectivity index (χ2v) is 12.1. The Morgan fingerprint density at radius 1 is 0.929 bits per heavy atom. The number of hydrogen-bond acceptors (Lipinski definition) is 6. The number of nitrogens with one attached hydrogen (secondary N) is 2. The zero-order chi connectivity index (χ0) is 30.0. The van der Waals surface area contributed by atoms with Crippen LogP contribution in [0.25, 0.3) is 22.1 Å². The van der Waals surface area contributed by atoms with E-state index in [0.717, 1.165) is 73.5 Å². The van der Waals surface area contributed by atoms with E-state index in [2.05, 4.69) is 36.8 Å². The number of aromatic amines is 2. The number of esters is 1. The predicted octanol–water partition coefficient (Wildman–Crippen LogP) is 7.01. The number of H-pyrrole nitrogens is 2. The van der Waals surface area contributed by atoms with E-state index in [9.17, 15) is 14.4 Å². The molecule has 8 nitrogen and oxygen atoms in total. The van der Waals surface area contributed by atoms with E-state index in [4.69, 9.17) is 14.7 Å². The maximum Gasteiger partial charge on any atom is 0.305 e. The third kappa shape index (κ3) is 4.30. The number of hydrogen-bond donors (Lipinski definition) is 2. The SMILES string of the molecule is CCC1c2cc3[nH]c4c(c5nc(cc6[nH]c(cc(n2)[C@@H]1C)c(C(C)=O)c6C)[C@@H](C)[C@@H]5CCC(=O)OC)CC(=O)c4c3C. The molecule has 1 aliphatic carbocycles. The van der Waals surface area contributed by atoms with Gasteiger partial charge < -0.3 is 14.7 Å². The summed E-state index contributed by atoms with van der Waals surface area (Å²) in [4.78, 5) is 55.8. The van der Waals surface area contributed by atoms with E-state index in [1.54, 1.807) is 6.92 Å². The second-order valence-electron chi connectivity index (χ2n) is 12.1. The van der Waals surface area contributed by atoms with Crippen LogP contribution in [0.2, 0.25) is 0 Å². The minimum absolute atomic E-state index is 0.00646. The van der Waals surface area contributed by atoms with Crippen molar-refractivity contribution in [2.24, 2.45) is 0 Å². The lowest BCUT2D eigenvalue weighted by Crippen LogP contribution is -2.09. The van der Waals surface area contributed by atoms with Crippen molar-refractivity contribution in [1.82, 2.24) is 19.9 Å². The largest absolute Gasteiger partial charge is 0.469 e. The van der Waals surface area contributed by atoms with E-state index < -0.39 is 0 Å². The molecule has 8 heteroatoms. The number of carbonyl (C=O) groups is 3. The van der Waals surface area contributed by atoms with Crippen molar-refractivity contribution in [3.63, 3.8) is 0 Å². The Morgan fingerprint density at radius 3 is 2.26 bits per heavy atom. The molecule has 0 amide bonds. The van der Waals surface area contributed by atoms with Crippen molar-refractivity contribution in [3.05, 3.63) is 68.8 Å². The Bertz CT molecular complexity index is 1830. The van der Waals surface area contributed by atoms with Crippen LogP contribution in [0.4, 0.5) is 0 Å². The van der Waals surface area contributed by atoms with Crippen molar-refractivity contribution < 1.29 is 19.1 Å². The molecule has 5 heterocycles. The molecule has 3 aliphatic rings. The van der Waals surface area contributed by atoms with E-state index >= 15 is 0 Å². The molecule has 2 N–H and O–H groups in total. The van der Waals surface area contributed by atoms with Gasteiger partial charge in [-0.05, 0) is 62.9 Å². The maximum atomic E-state index is 13.4. The Kier molecular flexibility index (Phi) is 6.90. The number of Topliss-reactive ketones (excluding diaryl/α,β-unsaturated/α-hetero) is 2. The minimum atomic E-state index is -0.266. The molecule has 0 radical (unpaired) electrons. The number of nitrogens with zero attached hydrogens (tertiary/aromatic N) is 2. The molecule has 6 rings (SSSR count). The van der Waals surface area contributed by atoms with Crippen LogP contribution in [0.3, 0.4) is 0 Å². The third-order valence-electron chi connectivity index (χ3n) is 9.77. The Balaban J connectivity index is 1.74. The molecule has 2 aliphatic heterocycles. The lowest BCUT2D eigenvalue weighted by Gasteiger charge is -2.16. The highest BCUT2D eigenvalue weighted by atomic mass is 16.5. The van der Waals surface area contributed by atoms with Gasteiger partial charge >= 0.3 is 5.97 Å². The van der Waals surface area contributed by atoms with Gasteiger partial charge in [-0.15, -0.1) is 0 Å². The topological polar surface area (TPSA) is 118 Å². The maximum absolute atomic E-state index is 13.4. The number of aromatic nitrogens is 4. The first-order valence-electron chi connectivity index (χ1n) is 14.9. The Hall–Kier alpha value is -4.07. The monoisotopic (exact) mass is 566 g/mol. The molecule has 0 saturated heterocycles. The zero-order valence-electron chi connectivity index (χ0n) is 25.4. The molecule has 4 atom stereocenters. The zero-order valence-corrected chi connectivity index (χ0v) is 25.4. The van der Waals surface area contributed by atoms with Crippen molar-refractivity contribution in [1.29, 1.82) is 0 Å². The number of ether oxygens (including phenoxy) is 1. The van der Waals surface area contributed by atoms with Gasteiger partial charge in [0.25, 0.3) is 0 Å². The normalized spacial score (nSPS) is 21.2.